The van der Waals surface area contributed by atoms with Crippen molar-refractivity contribution in [2.75, 3.05) is 32.8 Å². The summed E-state index contributed by atoms with van der Waals surface area (Å²) in [5, 5.41) is 0. The van der Waals surface area contributed by atoms with E-state index < -0.39 is 19.0 Å². The SMILES string of the molecule is O=C(c1cccc(COCC(F)(F)C(F)F)c1)N1CCN(Cc2ccc(F)cc2)CC1. The highest BCUT2D eigenvalue weighted by molar-refractivity contribution is 5.94. The molecule has 4 nitrogen and oxygen atoms in total. The zero-order valence-electron chi connectivity index (χ0n) is 16.7. The second kappa shape index (κ2) is 10.2. The summed E-state index contributed by atoms with van der Waals surface area (Å²) in [5.74, 6) is -4.68. The Kier molecular flexibility index (Phi) is 7.61. The van der Waals surface area contributed by atoms with E-state index in [9.17, 15) is 26.7 Å². The minimum atomic E-state index is -4.21. The molecule has 0 atom stereocenters. The number of amides is 1. The van der Waals surface area contributed by atoms with Crippen molar-refractivity contribution in [3.05, 3.63) is 71.0 Å². The van der Waals surface area contributed by atoms with Crippen molar-refractivity contribution in [2.45, 2.75) is 25.5 Å². The number of hydrogen-bond donors (Lipinski definition) is 0. The van der Waals surface area contributed by atoms with Gasteiger partial charge in [0.2, 0.25) is 0 Å². The predicted octanol–water partition coefficient (Wildman–Crippen LogP) is 4.20. The predicted molar refractivity (Wildman–Crippen MR) is 105 cm³/mol. The van der Waals surface area contributed by atoms with Gasteiger partial charge in [0, 0.05) is 38.3 Å². The lowest BCUT2D eigenvalue weighted by Gasteiger charge is -2.34. The maximum atomic E-state index is 13.0. The summed E-state index contributed by atoms with van der Waals surface area (Å²) >= 11 is 0. The van der Waals surface area contributed by atoms with Crippen LogP contribution in [0.1, 0.15) is 21.5 Å². The van der Waals surface area contributed by atoms with Crippen molar-refractivity contribution >= 4 is 5.91 Å². The molecule has 0 radical (unpaired) electrons. The van der Waals surface area contributed by atoms with Crippen LogP contribution in [0, 0.1) is 5.82 Å². The maximum Gasteiger partial charge on any atom is 0.330 e. The van der Waals surface area contributed by atoms with E-state index in [1.165, 1.54) is 18.2 Å². The number of benzene rings is 2. The minimum Gasteiger partial charge on any atom is -0.370 e. The molecule has 1 aliphatic heterocycles. The lowest BCUT2D eigenvalue weighted by Crippen LogP contribution is -2.48. The van der Waals surface area contributed by atoms with Gasteiger partial charge in [0.1, 0.15) is 12.4 Å². The van der Waals surface area contributed by atoms with Gasteiger partial charge >= 0.3 is 12.3 Å². The van der Waals surface area contributed by atoms with E-state index in [4.69, 9.17) is 4.74 Å². The molecule has 0 saturated carbocycles. The first-order valence-corrected chi connectivity index (χ1v) is 9.83. The van der Waals surface area contributed by atoms with Gasteiger partial charge in [0.15, 0.2) is 0 Å². The third-order valence-corrected chi connectivity index (χ3v) is 5.04. The summed E-state index contributed by atoms with van der Waals surface area (Å²) in [6.07, 6.45) is -3.79. The van der Waals surface area contributed by atoms with Gasteiger partial charge in [-0.3, -0.25) is 9.69 Å². The molecule has 168 valence electrons. The fraction of sp³-hybridized carbons (Fsp3) is 0.409. The minimum absolute atomic E-state index is 0.193. The quantitative estimate of drug-likeness (QED) is 0.575. The van der Waals surface area contributed by atoms with Crippen molar-refractivity contribution in [3.63, 3.8) is 0 Å². The standard InChI is InChI=1S/C22H23F5N2O2/c23-19-6-4-16(5-7-19)13-28-8-10-29(11-9-28)20(30)18-3-1-2-17(12-18)14-31-15-22(26,27)21(24)25/h1-7,12,21H,8-11,13-15H2. The molecule has 31 heavy (non-hydrogen) atoms. The fourth-order valence-corrected chi connectivity index (χ4v) is 3.30. The van der Waals surface area contributed by atoms with Gasteiger partial charge in [-0.2, -0.15) is 8.78 Å². The first kappa shape index (κ1) is 23.1. The monoisotopic (exact) mass is 442 g/mol. The van der Waals surface area contributed by atoms with Crippen LogP contribution in [0.5, 0.6) is 0 Å². The average molecular weight is 442 g/mol. The second-order valence-corrected chi connectivity index (χ2v) is 7.45. The third-order valence-electron chi connectivity index (χ3n) is 5.04. The van der Waals surface area contributed by atoms with E-state index in [0.717, 1.165) is 5.56 Å². The lowest BCUT2D eigenvalue weighted by atomic mass is 10.1. The number of carbonyl (C=O) groups is 1. The van der Waals surface area contributed by atoms with Crippen molar-refractivity contribution in [1.29, 1.82) is 0 Å². The normalized spacial score (nSPS) is 15.5. The van der Waals surface area contributed by atoms with Gasteiger partial charge in [-0.25, -0.2) is 13.2 Å². The Morgan fingerprint density at radius 1 is 1.00 bits per heavy atom. The number of halogens is 5. The Hall–Kier alpha value is -2.52. The maximum absolute atomic E-state index is 13.0. The molecule has 3 rings (SSSR count). The van der Waals surface area contributed by atoms with E-state index in [-0.39, 0.29) is 18.3 Å². The molecule has 0 aromatic heterocycles. The molecule has 1 fully saturated rings. The molecule has 1 saturated heterocycles. The van der Waals surface area contributed by atoms with Gasteiger partial charge < -0.3 is 9.64 Å². The van der Waals surface area contributed by atoms with Crippen molar-refractivity contribution < 1.29 is 31.5 Å². The van der Waals surface area contributed by atoms with Crippen LogP contribution in [0.4, 0.5) is 22.0 Å². The first-order valence-electron chi connectivity index (χ1n) is 9.83. The van der Waals surface area contributed by atoms with Crippen LogP contribution in [0.3, 0.4) is 0 Å². The highest BCUT2D eigenvalue weighted by Crippen LogP contribution is 2.23. The topological polar surface area (TPSA) is 32.8 Å². The number of nitrogens with zero attached hydrogens (tertiary/aromatic N) is 2. The number of alkyl halides is 4. The number of hydrogen-bond acceptors (Lipinski definition) is 3. The Balaban J connectivity index is 1.50. The van der Waals surface area contributed by atoms with Gasteiger partial charge in [0.05, 0.1) is 6.61 Å². The summed E-state index contributed by atoms with van der Waals surface area (Å²) in [5.41, 5.74) is 1.82. The van der Waals surface area contributed by atoms with Crippen LogP contribution < -0.4 is 0 Å². The Morgan fingerprint density at radius 3 is 2.32 bits per heavy atom. The number of carbonyl (C=O) groups excluding carboxylic acids is 1. The Morgan fingerprint density at radius 2 is 1.68 bits per heavy atom. The zero-order valence-corrected chi connectivity index (χ0v) is 16.7. The number of ether oxygens (including phenoxy) is 1. The summed E-state index contributed by atoms with van der Waals surface area (Å²) in [6, 6.07) is 12.6. The number of piperazine rings is 1. The molecule has 2 aromatic rings. The van der Waals surface area contributed by atoms with E-state index in [2.05, 4.69) is 4.90 Å². The Labute approximate surface area is 177 Å². The summed E-state index contributed by atoms with van der Waals surface area (Å²) in [7, 11) is 0. The lowest BCUT2D eigenvalue weighted by molar-refractivity contribution is -0.168. The molecule has 1 aliphatic rings. The molecule has 2 aromatic carbocycles. The van der Waals surface area contributed by atoms with Crippen LogP contribution in [0.25, 0.3) is 0 Å². The van der Waals surface area contributed by atoms with E-state index >= 15 is 0 Å². The zero-order chi connectivity index (χ0) is 22.4. The molecule has 1 amide bonds. The highest BCUT2D eigenvalue weighted by Gasteiger charge is 2.40. The summed E-state index contributed by atoms with van der Waals surface area (Å²) in [6.45, 7) is 1.33. The van der Waals surface area contributed by atoms with E-state index in [0.29, 0.717) is 43.9 Å². The van der Waals surface area contributed by atoms with Gasteiger partial charge in [-0.1, -0.05) is 24.3 Å². The molecular weight excluding hydrogens is 419 g/mol. The number of rotatable bonds is 8. The fourth-order valence-electron chi connectivity index (χ4n) is 3.30. The van der Waals surface area contributed by atoms with Crippen LogP contribution in [-0.2, 0) is 17.9 Å². The van der Waals surface area contributed by atoms with Crippen LogP contribution in [-0.4, -0.2) is 60.8 Å². The molecule has 0 aliphatic carbocycles. The van der Waals surface area contributed by atoms with Gasteiger partial charge in [0.25, 0.3) is 5.91 Å². The molecule has 0 spiro atoms. The van der Waals surface area contributed by atoms with Crippen LogP contribution in [0.15, 0.2) is 48.5 Å². The van der Waals surface area contributed by atoms with Crippen LogP contribution >= 0.6 is 0 Å². The largest absolute Gasteiger partial charge is 0.370 e. The van der Waals surface area contributed by atoms with Crippen molar-refractivity contribution in [1.82, 2.24) is 9.80 Å². The average Bonchev–Trinajstić information content (AvgIpc) is 2.75. The van der Waals surface area contributed by atoms with Crippen molar-refractivity contribution in [3.8, 4) is 0 Å². The summed E-state index contributed by atoms with van der Waals surface area (Å²) in [4.78, 5) is 16.7. The molecule has 0 unspecified atom stereocenters. The molecule has 1 heterocycles. The Bertz CT molecular complexity index is 868. The molecule has 0 bridgehead atoms. The first-order chi connectivity index (χ1) is 14.7. The highest BCUT2D eigenvalue weighted by atomic mass is 19.3. The van der Waals surface area contributed by atoms with E-state index in [1.807, 2.05) is 0 Å². The van der Waals surface area contributed by atoms with Crippen LogP contribution in [0.2, 0.25) is 0 Å². The molecule has 9 heteroatoms. The van der Waals surface area contributed by atoms with Crippen molar-refractivity contribution in [2.24, 2.45) is 0 Å². The molecule has 0 N–H and O–H groups in total. The van der Waals surface area contributed by atoms with E-state index in [1.54, 1.807) is 35.2 Å². The third kappa shape index (κ3) is 6.48. The second-order valence-electron chi connectivity index (χ2n) is 7.45. The summed E-state index contributed by atoms with van der Waals surface area (Å²) < 4.78 is 68.0. The van der Waals surface area contributed by atoms with Gasteiger partial charge in [-0.05, 0) is 35.4 Å². The molecular formula is C22H23F5N2O2. The smallest absolute Gasteiger partial charge is 0.330 e. The van der Waals surface area contributed by atoms with Gasteiger partial charge in [-0.15, -0.1) is 0 Å².